The fourth-order valence-electron chi connectivity index (χ4n) is 3.42. The van der Waals surface area contributed by atoms with Gasteiger partial charge in [-0.05, 0) is 19.4 Å². The number of hydrogen-bond donors (Lipinski definition) is 0. The minimum atomic E-state index is -2.67. The molecule has 0 radical (unpaired) electrons. The predicted molar refractivity (Wildman–Crippen MR) is 83.9 cm³/mol. The van der Waals surface area contributed by atoms with Crippen LogP contribution < -0.4 is 0 Å². The fraction of sp³-hybridized carbons (Fsp3) is 0.750. The van der Waals surface area contributed by atoms with Crippen molar-refractivity contribution in [3.05, 3.63) is 18.0 Å². The molecular weight excluding hydrogens is 318 g/mol. The second-order valence-electron chi connectivity index (χ2n) is 6.71. The highest BCUT2D eigenvalue weighted by Gasteiger charge is 2.50. The van der Waals surface area contributed by atoms with Crippen LogP contribution in [0.3, 0.4) is 0 Å². The summed E-state index contributed by atoms with van der Waals surface area (Å²) in [5.74, 6) is -2.69. The fourth-order valence-corrected chi connectivity index (χ4v) is 3.42. The van der Waals surface area contributed by atoms with E-state index in [1.807, 2.05) is 24.9 Å². The van der Waals surface area contributed by atoms with Crippen molar-refractivity contribution in [2.75, 3.05) is 32.8 Å². The number of ether oxygens (including phenoxy) is 1. The highest BCUT2D eigenvalue weighted by atomic mass is 19.3. The maximum absolute atomic E-state index is 13.7. The maximum Gasteiger partial charge on any atom is 0.262 e. The van der Waals surface area contributed by atoms with Gasteiger partial charge in [-0.1, -0.05) is 0 Å². The molecule has 0 bridgehead atoms. The lowest BCUT2D eigenvalue weighted by Crippen LogP contribution is -2.63. The molecule has 0 saturated carbocycles. The topological polar surface area (TPSA) is 50.6 Å². The molecule has 134 valence electrons. The molecule has 3 heterocycles. The van der Waals surface area contributed by atoms with Crippen LogP contribution in [-0.4, -0.2) is 76.3 Å². The molecule has 1 aromatic heterocycles. The summed E-state index contributed by atoms with van der Waals surface area (Å²) in [4.78, 5) is 15.7. The molecule has 2 saturated heterocycles. The van der Waals surface area contributed by atoms with Gasteiger partial charge in [0.05, 0.1) is 19.3 Å². The van der Waals surface area contributed by atoms with Crippen LogP contribution in [0.5, 0.6) is 0 Å². The first kappa shape index (κ1) is 17.3. The normalized spacial score (nSPS) is 24.3. The van der Waals surface area contributed by atoms with Gasteiger partial charge in [0.1, 0.15) is 6.54 Å². The molecule has 2 fully saturated rings. The minimum Gasteiger partial charge on any atom is -0.380 e. The Morgan fingerprint density at radius 1 is 1.46 bits per heavy atom. The summed E-state index contributed by atoms with van der Waals surface area (Å²) >= 11 is 0. The quantitative estimate of drug-likeness (QED) is 0.778. The molecular formula is C16H24F2N4O2. The van der Waals surface area contributed by atoms with E-state index in [2.05, 4.69) is 5.10 Å². The van der Waals surface area contributed by atoms with E-state index >= 15 is 0 Å². The van der Waals surface area contributed by atoms with Crippen molar-refractivity contribution in [1.29, 1.82) is 0 Å². The summed E-state index contributed by atoms with van der Waals surface area (Å²) in [5.41, 5.74) is 1.00. The van der Waals surface area contributed by atoms with Gasteiger partial charge >= 0.3 is 0 Å². The Kier molecular flexibility index (Phi) is 4.87. The van der Waals surface area contributed by atoms with Gasteiger partial charge in [0.2, 0.25) is 5.91 Å². The zero-order valence-corrected chi connectivity index (χ0v) is 14.1. The van der Waals surface area contributed by atoms with Crippen molar-refractivity contribution in [3.8, 4) is 0 Å². The molecule has 1 amide bonds. The van der Waals surface area contributed by atoms with Crippen LogP contribution in [0.15, 0.2) is 12.4 Å². The number of carbonyl (C=O) groups excluding carboxylic acids is 1. The first-order chi connectivity index (χ1) is 11.4. The van der Waals surface area contributed by atoms with Crippen molar-refractivity contribution >= 4 is 5.91 Å². The number of aromatic nitrogens is 2. The summed E-state index contributed by atoms with van der Waals surface area (Å²) in [6.45, 7) is 5.57. The molecule has 8 heteroatoms. The highest BCUT2D eigenvalue weighted by molar-refractivity contribution is 5.76. The van der Waals surface area contributed by atoms with Gasteiger partial charge in [-0.25, -0.2) is 8.78 Å². The van der Waals surface area contributed by atoms with Gasteiger partial charge < -0.3 is 9.64 Å². The lowest BCUT2D eigenvalue weighted by Gasteiger charge is -2.45. The number of amides is 1. The van der Waals surface area contributed by atoms with Gasteiger partial charge in [0.15, 0.2) is 0 Å². The minimum absolute atomic E-state index is 0.00728. The Bertz CT molecular complexity index is 586. The number of likely N-dealkylation sites (tertiary alicyclic amines) is 2. The zero-order valence-electron chi connectivity index (χ0n) is 14.1. The Morgan fingerprint density at radius 3 is 2.83 bits per heavy atom. The Hall–Kier alpha value is -1.54. The number of rotatable bonds is 6. The first-order valence-electron chi connectivity index (χ1n) is 8.36. The third-order valence-corrected chi connectivity index (χ3v) is 4.68. The van der Waals surface area contributed by atoms with Crippen molar-refractivity contribution in [1.82, 2.24) is 19.6 Å². The Morgan fingerprint density at radius 2 is 2.21 bits per heavy atom. The lowest BCUT2D eigenvalue weighted by molar-refractivity contribution is -0.140. The number of carbonyl (C=O) groups is 1. The third-order valence-electron chi connectivity index (χ3n) is 4.68. The molecule has 0 N–H and O–H groups in total. The summed E-state index contributed by atoms with van der Waals surface area (Å²) < 4.78 is 34.4. The van der Waals surface area contributed by atoms with Crippen LogP contribution in [0.2, 0.25) is 0 Å². The van der Waals surface area contributed by atoms with E-state index in [-0.39, 0.29) is 37.5 Å². The van der Waals surface area contributed by atoms with Gasteiger partial charge in [-0.2, -0.15) is 5.10 Å². The number of hydrogen-bond acceptors (Lipinski definition) is 4. The molecule has 0 aliphatic carbocycles. The monoisotopic (exact) mass is 342 g/mol. The number of halogens is 2. The average Bonchev–Trinajstić information content (AvgIpc) is 2.98. The zero-order chi connectivity index (χ0) is 17.3. The van der Waals surface area contributed by atoms with Crippen LogP contribution in [0.4, 0.5) is 8.78 Å². The van der Waals surface area contributed by atoms with E-state index in [4.69, 9.17) is 4.74 Å². The largest absolute Gasteiger partial charge is 0.380 e. The van der Waals surface area contributed by atoms with Gasteiger partial charge in [0.25, 0.3) is 5.92 Å². The van der Waals surface area contributed by atoms with Crippen molar-refractivity contribution in [2.24, 2.45) is 0 Å². The second kappa shape index (κ2) is 6.76. The van der Waals surface area contributed by atoms with E-state index in [0.29, 0.717) is 26.3 Å². The Labute approximate surface area is 140 Å². The second-order valence-corrected chi connectivity index (χ2v) is 6.71. The number of nitrogens with zero attached hydrogens (tertiary/aromatic N) is 4. The van der Waals surface area contributed by atoms with E-state index in [1.54, 1.807) is 15.8 Å². The first-order valence-corrected chi connectivity index (χ1v) is 8.36. The van der Waals surface area contributed by atoms with Crippen LogP contribution in [0.1, 0.15) is 18.9 Å². The summed E-state index contributed by atoms with van der Waals surface area (Å²) in [6.07, 6.45) is 3.36. The van der Waals surface area contributed by atoms with E-state index < -0.39 is 5.92 Å². The Balaban J connectivity index is 1.52. The highest BCUT2D eigenvalue weighted by Crippen LogP contribution is 2.35. The molecule has 24 heavy (non-hydrogen) atoms. The number of aryl methyl sites for hydroxylation is 1. The SMILES string of the molecule is CCOC[C@@H]1CC(F)(F)CN1C1CN(C(=O)Cn2cc(C)cn2)C1. The third kappa shape index (κ3) is 3.75. The van der Waals surface area contributed by atoms with Gasteiger partial charge in [-0.15, -0.1) is 0 Å². The molecule has 1 atom stereocenters. The van der Waals surface area contributed by atoms with Gasteiger partial charge in [-0.3, -0.25) is 14.4 Å². The predicted octanol–water partition coefficient (Wildman–Crippen LogP) is 1.15. The van der Waals surface area contributed by atoms with E-state index in [0.717, 1.165) is 5.56 Å². The smallest absolute Gasteiger partial charge is 0.262 e. The van der Waals surface area contributed by atoms with Crippen LogP contribution >= 0.6 is 0 Å². The molecule has 0 aromatic carbocycles. The maximum atomic E-state index is 13.7. The van der Waals surface area contributed by atoms with Gasteiger partial charge in [0, 0.05) is 44.4 Å². The molecule has 1 aromatic rings. The standard InChI is InChI=1S/C16H24F2N4O2/c1-3-24-10-13-4-16(17,18)11-22(13)14-7-20(8-14)15(23)9-21-6-12(2)5-19-21/h5-6,13-14H,3-4,7-11H2,1-2H3/t13-/m0/s1. The molecule has 2 aliphatic rings. The summed E-state index contributed by atoms with van der Waals surface area (Å²) in [5, 5.41) is 4.10. The molecule has 6 nitrogen and oxygen atoms in total. The van der Waals surface area contributed by atoms with E-state index in [1.165, 1.54) is 0 Å². The average molecular weight is 342 g/mol. The van der Waals surface area contributed by atoms with E-state index in [9.17, 15) is 13.6 Å². The summed E-state index contributed by atoms with van der Waals surface area (Å²) in [6, 6.07) is -0.275. The molecule has 2 aliphatic heterocycles. The van der Waals surface area contributed by atoms with Crippen LogP contribution in [-0.2, 0) is 16.1 Å². The molecule has 3 rings (SSSR count). The van der Waals surface area contributed by atoms with Crippen molar-refractivity contribution < 1.29 is 18.3 Å². The van der Waals surface area contributed by atoms with Crippen LogP contribution in [0, 0.1) is 6.92 Å². The van der Waals surface area contributed by atoms with Crippen LogP contribution in [0.25, 0.3) is 0 Å². The molecule has 0 spiro atoms. The lowest BCUT2D eigenvalue weighted by atomic mass is 10.1. The summed E-state index contributed by atoms with van der Waals surface area (Å²) in [7, 11) is 0. The van der Waals surface area contributed by atoms with Crippen molar-refractivity contribution in [3.63, 3.8) is 0 Å². The number of alkyl halides is 2. The molecule has 0 unspecified atom stereocenters. The van der Waals surface area contributed by atoms with Crippen molar-refractivity contribution in [2.45, 2.75) is 44.8 Å².